The highest BCUT2D eigenvalue weighted by atomic mass is 16.5. The molecule has 66 valence electrons. The molecule has 0 aromatic rings. The summed E-state index contributed by atoms with van der Waals surface area (Å²) in [4.78, 5) is 0. The maximum atomic E-state index is 5.61. The summed E-state index contributed by atoms with van der Waals surface area (Å²) in [7, 11) is 0. The van der Waals surface area contributed by atoms with E-state index in [9.17, 15) is 0 Å². The van der Waals surface area contributed by atoms with E-state index in [-0.39, 0.29) is 0 Å². The molecule has 11 heavy (non-hydrogen) atoms. The largest absolute Gasteiger partial charge is 0.381 e. The van der Waals surface area contributed by atoms with E-state index in [1.807, 2.05) is 0 Å². The van der Waals surface area contributed by atoms with E-state index >= 15 is 0 Å². The lowest BCUT2D eigenvalue weighted by Crippen LogP contribution is -2.20. The first-order valence-electron chi connectivity index (χ1n) is 4.62. The SMILES string of the molecule is C[C@@H](CN)C1CCCOCC1. The molecule has 2 heteroatoms. The lowest BCUT2D eigenvalue weighted by Gasteiger charge is -2.19. The maximum Gasteiger partial charge on any atom is 0.0468 e. The lowest BCUT2D eigenvalue weighted by molar-refractivity contribution is 0.139. The Labute approximate surface area is 69.1 Å². The second-order valence-electron chi connectivity index (χ2n) is 3.52. The summed E-state index contributed by atoms with van der Waals surface area (Å²) in [6.07, 6.45) is 3.73. The number of nitrogens with two attached hydrogens (primary N) is 1. The van der Waals surface area contributed by atoms with Crippen molar-refractivity contribution in [1.82, 2.24) is 0 Å². The number of hydrogen-bond donors (Lipinski definition) is 1. The van der Waals surface area contributed by atoms with Crippen molar-refractivity contribution in [3.05, 3.63) is 0 Å². The van der Waals surface area contributed by atoms with Crippen LogP contribution in [0.25, 0.3) is 0 Å². The molecule has 0 amide bonds. The predicted molar refractivity (Wildman–Crippen MR) is 46.4 cm³/mol. The molecule has 1 aliphatic rings. The van der Waals surface area contributed by atoms with Crippen LogP contribution in [-0.4, -0.2) is 19.8 Å². The van der Waals surface area contributed by atoms with Gasteiger partial charge in [-0.1, -0.05) is 6.92 Å². The van der Waals surface area contributed by atoms with Crippen molar-refractivity contribution >= 4 is 0 Å². The van der Waals surface area contributed by atoms with Gasteiger partial charge in [0.05, 0.1) is 0 Å². The summed E-state index contributed by atoms with van der Waals surface area (Å²) in [5.74, 6) is 1.49. The molecular weight excluding hydrogens is 138 g/mol. The Morgan fingerprint density at radius 2 is 2.27 bits per heavy atom. The summed E-state index contributed by atoms with van der Waals surface area (Å²) < 4.78 is 5.38. The molecule has 1 heterocycles. The van der Waals surface area contributed by atoms with Gasteiger partial charge in [-0.2, -0.15) is 0 Å². The van der Waals surface area contributed by atoms with Gasteiger partial charge in [0.15, 0.2) is 0 Å². The van der Waals surface area contributed by atoms with Crippen LogP contribution >= 0.6 is 0 Å². The van der Waals surface area contributed by atoms with Crippen LogP contribution in [0, 0.1) is 11.8 Å². The van der Waals surface area contributed by atoms with Gasteiger partial charge in [-0.15, -0.1) is 0 Å². The van der Waals surface area contributed by atoms with Crippen LogP contribution < -0.4 is 5.73 Å². The molecule has 1 fully saturated rings. The summed E-state index contributed by atoms with van der Waals surface area (Å²) in [6.45, 7) is 4.96. The third-order valence-corrected chi connectivity index (χ3v) is 2.67. The standard InChI is InChI=1S/C9H19NO/c1-8(7-10)9-3-2-5-11-6-4-9/h8-9H,2-7,10H2,1H3/t8-,9?/m0/s1. The molecule has 1 saturated heterocycles. The van der Waals surface area contributed by atoms with E-state index in [0.29, 0.717) is 5.92 Å². The van der Waals surface area contributed by atoms with Gasteiger partial charge in [0, 0.05) is 13.2 Å². The fourth-order valence-electron chi connectivity index (χ4n) is 1.69. The van der Waals surface area contributed by atoms with Crippen molar-refractivity contribution in [2.24, 2.45) is 17.6 Å². The van der Waals surface area contributed by atoms with E-state index in [2.05, 4.69) is 6.92 Å². The van der Waals surface area contributed by atoms with Gasteiger partial charge in [-0.3, -0.25) is 0 Å². The van der Waals surface area contributed by atoms with Crippen molar-refractivity contribution in [3.63, 3.8) is 0 Å². The molecule has 0 aliphatic carbocycles. The second-order valence-corrected chi connectivity index (χ2v) is 3.52. The monoisotopic (exact) mass is 157 g/mol. The van der Waals surface area contributed by atoms with Crippen LogP contribution in [0.1, 0.15) is 26.2 Å². The van der Waals surface area contributed by atoms with Crippen LogP contribution in [0.15, 0.2) is 0 Å². The summed E-state index contributed by atoms with van der Waals surface area (Å²) in [5.41, 5.74) is 5.61. The second kappa shape index (κ2) is 4.73. The van der Waals surface area contributed by atoms with Crippen LogP contribution in [0.4, 0.5) is 0 Å². The Bertz CT molecular complexity index is 97.7. The zero-order valence-corrected chi connectivity index (χ0v) is 7.38. The molecule has 1 rings (SSSR count). The molecule has 1 unspecified atom stereocenters. The van der Waals surface area contributed by atoms with Crippen molar-refractivity contribution < 1.29 is 4.74 Å². The average molecular weight is 157 g/mol. The van der Waals surface area contributed by atoms with Gasteiger partial charge in [0.1, 0.15) is 0 Å². The van der Waals surface area contributed by atoms with Crippen LogP contribution in [-0.2, 0) is 4.74 Å². The lowest BCUT2D eigenvalue weighted by atomic mass is 9.88. The number of hydrogen-bond acceptors (Lipinski definition) is 2. The van der Waals surface area contributed by atoms with E-state index in [1.165, 1.54) is 19.3 Å². The Hall–Kier alpha value is -0.0800. The smallest absolute Gasteiger partial charge is 0.0468 e. The fourth-order valence-corrected chi connectivity index (χ4v) is 1.69. The first kappa shape index (κ1) is 9.01. The van der Waals surface area contributed by atoms with Gasteiger partial charge in [-0.25, -0.2) is 0 Å². The highest BCUT2D eigenvalue weighted by Gasteiger charge is 2.17. The minimum Gasteiger partial charge on any atom is -0.381 e. The van der Waals surface area contributed by atoms with E-state index < -0.39 is 0 Å². The van der Waals surface area contributed by atoms with Gasteiger partial charge < -0.3 is 10.5 Å². The van der Waals surface area contributed by atoms with Crippen LogP contribution in [0.3, 0.4) is 0 Å². The first-order chi connectivity index (χ1) is 5.34. The number of rotatable bonds is 2. The molecule has 1 aliphatic heterocycles. The summed E-state index contributed by atoms with van der Waals surface area (Å²) in [6, 6.07) is 0. The van der Waals surface area contributed by atoms with Gasteiger partial charge in [0.2, 0.25) is 0 Å². The third-order valence-electron chi connectivity index (χ3n) is 2.67. The van der Waals surface area contributed by atoms with Crippen LogP contribution in [0.5, 0.6) is 0 Å². The van der Waals surface area contributed by atoms with E-state index in [1.54, 1.807) is 0 Å². The highest BCUT2D eigenvalue weighted by Crippen LogP contribution is 2.22. The van der Waals surface area contributed by atoms with Crippen LogP contribution in [0.2, 0.25) is 0 Å². The Morgan fingerprint density at radius 1 is 1.45 bits per heavy atom. The normalized spacial score (nSPS) is 29.5. The van der Waals surface area contributed by atoms with Crippen molar-refractivity contribution in [2.45, 2.75) is 26.2 Å². The van der Waals surface area contributed by atoms with Crippen molar-refractivity contribution in [1.29, 1.82) is 0 Å². The molecule has 0 bridgehead atoms. The van der Waals surface area contributed by atoms with Crippen molar-refractivity contribution in [2.75, 3.05) is 19.8 Å². The van der Waals surface area contributed by atoms with Gasteiger partial charge in [0.25, 0.3) is 0 Å². The Morgan fingerprint density at radius 3 is 3.00 bits per heavy atom. The molecule has 2 N–H and O–H groups in total. The van der Waals surface area contributed by atoms with E-state index in [0.717, 1.165) is 25.7 Å². The molecule has 2 nitrogen and oxygen atoms in total. The molecular formula is C9H19NO. The maximum absolute atomic E-state index is 5.61. The molecule has 0 radical (unpaired) electrons. The molecule has 0 aromatic heterocycles. The minimum atomic E-state index is 0.677. The minimum absolute atomic E-state index is 0.677. The molecule has 2 atom stereocenters. The zero-order valence-electron chi connectivity index (χ0n) is 7.38. The molecule has 0 spiro atoms. The highest BCUT2D eigenvalue weighted by molar-refractivity contribution is 4.69. The van der Waals surface area contributed by atoms with Gasteiger partial charge in [-0.05, 0) is 37.6 Å². The zero-order chi connectivity index (χ0) is 8.10. The Kier molecular flexibility index (Phi) is 3.87. The molecule has 0 saturated carbocycles. The summed E-state index contributed by atoms with van der Waals surface area (Å²) in [5, 5.41) is 0. The predicted octanol–water partition coefficient (Wildman–Crippen LogP) is 1.40. The summed E-state index contributed by atoms with van der Waals surface area (Å²) >= 11 is 0. The average Bonchev–Trinajstić information content (AvgIpc) is 2.30. The van der Waals surface area contributed by atoms with E-state index in [4.69, 9.17) is 10.5 Å². The topological polar surface area (TPSA) is 35.2 Å². The van der Waals surface area contributed by atoms with Gasteiger partial charge >= 0.3 is 0 Å². The first-order valence-corrected chi connectivity index (χ1v) is 4.62. The third kappa shape index (κ3) is 2.80. The van der Waals surface area contributed by atoms with Crippen molar-refractivity contribution in [3.8, 4) is 0 Å². The number of ether oxygens (including phenoxy) is 1. The Balaban J connectivity index is 2.30. The quantitative estimate of drug-likeness (QED) is 0.657. The fraction of sp³-hybridized carbons (Fsp3) is 1.00. The molecule has 0 aromatic carbocycles.